The Balaban J connectivity index is 1.98. The lowest BCUT2D eigenvalue weighted by molar-refractivity contribution is -0.120. The molecule has 0 heterocycles. The average molecular weight is 208 g/mol. The molecule has 0 fully saturated rings. The van der Waals surface area contributed by atoms with Crippen molar-refractivity contribution < 1.29 is 4.79 Å². The van der Waals surface area contributed by atoms with Gasteiger partial charge in [-0.15, -0.1) is 6.58 Å². The predicted octanol–water partition coefficient (Wildman–Crippen LogP) is 1.38. The van der Waals surface area contributed by atoms with Gasteiger partial charge >= 0.3 is 0 Å². The molecular formula is C12H20N2O. The van der Waals surface area contributed by atoms with Gasteiger partial charge in [0.05, 0.1) is 6.54 Å². The van der Waals surface area contributed by atoms with Gasteiger partial charge in [-0.2, -0.15) is 0 Å². The summed E-state index contributed by atoms with van der Waals surface area (Å²) in [5.41, 5.74) is 1.49. The fraction of sp³-hybridized carbons (Fsp3) is 0.583. The minimum Gasteiger partial charge on any atom is -0.355 e. The minimum absolute atomic E-state index is 0.0652. The first-order valence-corrected chi connectivity index (χ1v) is 5.59. The Bertz CT molecular complexity index is 246. The van der Waals surface area contributed by atoms with Crippen molar-refractivity contribution in [1.82, 2.24) is 10.6 Å². The second kappa shape index (κ2) is 7.23. The van der Waals surface area contributed by atoms with E-state index in [2.05, 4.69) is 23.3 Å². The van der Waals surface area contributed by atoms with Crippen LogP contribution < -0.4 is 10.6 Å². The molecular weight excluding hydrogens is 188 g/mol. The highest BCUT2D eigenvalue weighted by Crippen LogP contribution is 2.19. The second-order valence-corrected chi connectivity index (χ2v) is 3.77. The summed E-state index contributed by atoms with van der Waals surface area (Å²) in [4.78, 5) is 11.3. The maximum Gasteiger partial charge on any atom is 0.233 e. The van der Waals surface area contributed by atoms with Crippen molar-refractivity contribution in [3.8, 4) is 0 Å². The lowest BCUT2D eigenvalue weighted by Crippen LogP contribution is -2.34. The molecule has 0 saturated carbocycles. The summed E-state index contributed by atoms with van der Waals surface area (Å²) < 4.78 is 0. The number of hydrogen-bond donors (Lipinski definition) is 2. The summed E-state index contributed by atoms with van der Waals surface area (Å²) in [5.74, 6) is 0.0652. The number of amides is 1. The standard InChI is InChI=1S/C12H20N2O/c1-2-8-13-10-12(15)14-9-7-11-5-3-4-6-11/h2,5,13H,1,3-4,6-10H2,(H,14,15). The molecule has 3 heteroatoms. The third-order valence-corrected chi connectivity index (χ3v) is 2.48. The summed E-state index contributed by atoms with van der Waals surface area (Å²) >= 11 is 0. The van der Waals surface area contributed by atoms with Gasteiger partial charge in [-0.25, -0.2) is 0 Å². The van der Waals surface area contributed by atoms with Crippen LogP contribution in [0.25, 0.3) is 0 Å². The maximum absolute atomic E-state index is 11.3. The van der Waals surface area contributed by atoms with Crippen LogP contribution >= 0.6 is 0 Å². The van der Waals surface area contributed by atoms with Crippen LogP contribution in [0.4, 0.5) is 0 Å². The van der Waals surface area contributed by atoms with E-state index in [0.29, 0.717) is 13.1 Å². The molecule has 84 valence electrons. The van der Waals surface area contributed by atoms with E-state index in [9.17, 15) is 4.79 Å². The van der Waals surface area contributed by atoms with Crippen LogP contribution in [0.5, 0.6) is 0 Å². The zero-order valence-corrected chi connectivity index (χ0v) is 9.22. The van der Waals surface area contributed by atoms with Crippen molar-refractivity contribution in [2.75, 3.05) is 19.6 Å². The quantitative estimate of drug-likeness (QED) is 0.490. The molecule has 0 aliphatic heterocycles. The second-order valence-electron chi connectivity index (χ2n) is 3.77. The van der Waals surface area contributed by atoms with Gasteiger partial charge in [0.25, 0.3) is 0 Å². The van der Waals surface area contributed by atoms with E-state index >= 15 is 0 Å². The normalized spacial score (nSPS) is 14.8. The molecule has 2 N–H and O–H groups in total. The Hall–Kier alpha value is -1.09. The Kier molecular flexibility index (Phi) is 5.78. The van der Waals surface area contributed by atoms with E-state index in [1.807, 2.05) is 0 Å². The SMILES string of the molecule is C=CCNCC(=O)NCCC1=CCCC1. The molecule has 0 aromatic rings. The van der Waals surface area contributed by atoms with E-state index in [1.54, 1.807) is 6.08 Å². The van der Waals surface area contributed by atoms with Crippen LogP contribution in [0.2, 0.25) is 0 Å². The Morgan fingerprint density at radius 3 is 3.13 bits per heavy atom. The Labute approximate surface area is 91.6 Å². The van der Waals surface area contributed by atoms with Crippen molar-refractivity contribution >= 4 is 5.91 Å². The fourth-order valence-corrected chi connectivity index (χ4v) is 1.68. The lowest BCUT2D eigenvalue weighted by atomic mass is 10.2. The first-order chi connectivity index (χ1) is 7.33. The van der Waals surface area contributed by atoms with Gasteiger partial charge in [0.15, 0.2) is 0 Å². The van der Waals surface area contributed by atoms with E-state index < -0.39 is 0 Å². The molecule has 1 rings (SSSR count). The molecule has 1 amide bonds. The first kappa shape index (κ1) is 12.0. The van der Waals surface area contributed by atoms with Gasteiger partial charge in [0.2, 0.25) is 5.91 Å². The molecule has 0 aromatic carbocycles. The smallest absolute Gasteiger partial charge is 0.233 e. The van der Waals surface area contributed by atoms with E-state index in [1.165, 1.54) is 24.8 Å². The van der Waals surface area contributed by atoms with Gasteiger partial charge in [-0.3, -0.25) is 4.79 Å². The van der Waals surface area contributed by atoms with Crippen molar-refractivity contribution in [1.29, 1.82) is 0 Å². The Morgan fingerprint density at radius 1 is 1.60 bits per heavy atom. The van der Waals surface area contributed by atoms with E-state index in [0.717, 1.165) is 13.0 Å². The zero-order valence-electron chi connectivity index (χ0n) is 9.22. The van der Waals surface area contributed by atoms with Crippen LogP contribution in [-0.4, -0.2) is 25.5 Å². The van der Waals surface area contributed by atoms with Crippen LogP contribution in [-0.2, 0) is 4.79 Å². The molecule has 0 saturated heterocycles. The molecule has 0 aromatic heterocycles. The molecule has 1 aliphatic rings. The molecule has 15 heavy (non-hydrogen) atoms. The molecule has 0 bridgehead atoms. The number of hydrogen-bond acceptors (Lipinski definition) is 2. The van der Waals surface area contributed by atoms with Crippen molar-refractivity contribution in [2.45, 2.75) is 25.7 Å². The zero-order chi connectivity index (χ0) is 10.9. The van der Waals surface area contributed by atoms with Crippen LogP contribution in [0.3, 0.4) is 0 Å². The van der Waals surface area contributed by atoms with Gasteiger partial charge in [0, 0.05) is 13.1 Å². The molecule has 0 radical (unpaired) electrons. The fourth-order valence-electron chi connectivity index (χ4n) is 1.68. The number of nitrogens with one attached hydrogen (secondary N) is 2. The van der Waals surface area contributed by atoms with Crippen LogP contribution in [0.1, 0.15) is 25.7 Å². The maximum atomic E-state index is 11.3. The number of carbonyl (C=O) groups excluding carboxylic acids is 1. The summed E-state index contributed by atoms with van der Waals surface area (Å²) in [6.45, 7) is 5.39. The highest BCUT2D eigenvalue weighted by Gasteiger charge is 2.04. The van der Waals surface area contributed by atoms with Crippen molar-refractivity contribution in [3.63, 3.8) is 0 Å². The Morgan fingerprint density at radius 2 is 2.47 bits per heavy atom. The first-order valence-electron chi connectivity index (χ1n) is 5.59. The van der Waals surface area contributed by atoms with Crippen LogP contribution in [0, 0.1) is 0 Å². The number of allylic oxidation sites excluding steroid dienone is 1. The van der Waals surface area contributed by atoms with Gasteiger partial charge < -0.3 is 10.6 Å². The topological polar surface area (TPSA) is 41.1 Å². The summed E-state index contributed by atoms with van der Waals surface area (Å²) in [5, 5.41) is 5.86. The van der Waals surface area contributed by atoms with Gasteiger partial charge in [-0.05, 0) is 25.7 Å². The molecule has 0 unspecified atom stereocenters. The van der Waals surface area contributed by atoms with E-state index in [4.69, 9.17) is 0 Å². The highest BCUT2D eigenvalue weighted by molar-refractivity contribution is 5.77. The van der Waals surface area contributed by atoms with E-state index in [-0.39, 0.29) is 5.91 Å². The third-order valence-electron chi connectivity index (χ3n) is 2.48. The number of rotatable bonds is 7. The van der Waals surface area contributed by atoms with Crippen LogP contribution in [0.15, 0.2) is 24.3 Å². The van der Waals surface area contributed by atoms with Gasteiger partial charge in [-0.1, -0.05) is 17.7 Å². The summed E-state index contributed by atoms with van der Waals surface area (Å²) in [6, 6.07) is 0. The average Bonchev–Trinajstić information content (AvgIpc) is 2.71. The summed E-state index contributed by atoms with van der Waals surface area (Å²) in [6.07, 6.45) is 8.75. The largest absolute Gasteiger partial charge is 0.355 e. The van der Waals surface area contributed by atoms with Crippen molar-refractivity contribution in [2.24, 2.45) is 0 Å². The van der Waals surface area contributed by atoms with Crippen molar-refractivity contribution in [3.05, 3.63) is 24.3 Å². The van der Waals surface area contributed by atoms with Gasteiger partial charge in [0.1, 0.15) is 0 Å². The predicted molar refractivity (Wildman–Crippen MR) is 62.6 cm³/mol. The lowest BCUT2D eigenvalue weighted by Gasteiger charge is -2.05. The summed E-state index contributed by atoms with van der Waals surface area (Å²) in [7, 11) is 0. The molecule has 0 spiro atoms. The number of carbonyl (C=O) groups is 1. The monoisotopic (exact) mass is 208 g/mol. The molecule has 0 atom stereocenters. The molecule has 3 nitrogen and oxygen atoms in total. The highest BCUT2D eigenvalue weighted by atomic mass is 16.1. The molecule has 1 aliphatic carbocycles. The minimum atomic E-state index is 0.0652. The third kappa shape index (κ3) is 5.37.